The van der Waals surface area contributed by atoms with E-state index in [4.69, 9.17) is 10.5 Å². The number of ether oxygens (including phenoxy) is 1. The van der Waals surface area contributed by atoms with Crippen molar-refractivity contribution in [1.29, 1.82) is 0 Å². The Morgan fingerprint density at radius 1 is 1.18 bits per heavy atom. The highest BCUT2D eigenvalue weighted by Crippen LogP contribution is 2.42. The van der Waals surface area contributed by atoms with Crippen molar-refractivity contribution in [2.24, 2.45) is 11.7 Å². The summed E-state index contributed by atoms with van der Waals surface area (Å²) in [4.78, 5) is 45.6. The number of nitrogens with zero attached hydrogens (tertiary/aromatic N) is 3. The van der Waals surface area contributed by atoms with Crippen molar-refractivity contribution in [2.45, 2.75) is 76.6 Å². The second kappa shape index (κ2) is 11.7. The maximum absolute atomic E-state index is 13.5. The van der Waals surface area contributed by atoms with E-state index in [1.165, 1.54) is 0 Å². The number of hydrogen-bond acceptors (Lipinski definition) is 6. The number of aromatic nitrogens is 2. The van der Waals surface area contributed by atoms with Gasteiger partial charge in [0.15, 0.2) is 5.82 Å². The van der Waals surface area contributed by atoms with Crippen LogP contribution in [0.3, 0.4) is 0 Å². The topological polar surface area (TPSA) is 132 Å². The van der Waals surface area contributed by atoms with E-state index in [9.17, 15) is 14.4 Å². The van der Waals surface area contributed by atoms with Gasteiger partial charge < -0.3 is 30.6 Å². The van der Waals surface area contributed by atoms with Crippen molar-refractivity contribution in [3.05, 3.63) is 48.4 Å². The Morgan fingerprint density at radius 2 is 1.87 bits per heavy atom. The zero-order valence-corrected chi connectivity index (χ0v) is 22.6. The van der Waals surface area contributed by atoms with Gasteiger partial charge in [0.25, 0.3) is 5.91 Å². The molecule has 0 spiro atoms. The van der Waals surface area contributed by atoms with E-state index in [-0.39, 0.29) is 12.5 Å². The molecule has 2 aliphatic rings. The fourth-order valence-corrected chi connectivity index (χ4v) is 4.83. The molecule has 1 aromatic carbocycles. The van der Waals surface area contributed by atoms with Crippen LogP contribution in [0.25, 0.3) is 0 Å². The summed E-state index contributed by atoms with van der Waals surface area (Å²) in [5, 5.41) is 5.47. The monoisotopic (exact) mass is 524 g/mol. The molecule has 10 nitrogen and oxygen atoms in total. The maximum atomic E-state index is 13.5. The normalized spacial score (nSPS) is 18.4. The molecule has 2 heterocycles. The van der Waals surface area contributed by atoms with E-state index in [1.807, 2.05) is 39.8 Å². The molecule has 2 aromatic rings. The number of anilines is 1. The summed E-state index contributed by atoms with van der Waals surface area (Å²) in [5.41, 5.74) is 5.08. The summed E-state index contributed by atoms with van der Waals surface area (Å²) in [5.74, 6) is 0.147. The molecule has 1 aromatic heterocycles. The van der Waals surface area contributed by atoms with Gasteiger partial charge in [-0.25, -0.2) is 4.98 Å². The summed E-state index contributed by atoms with van der Waals surface area (Å²) in [6.07, 6.45) is 7.83. The van der Waals surface area contributed by atoms with Gasteiger partial charge in [-0.1, -0.05) is 37.3 Å². The molecule has 38 heavy (non-hydrogen) atoms. The summed E-state index contributed by atoms with van der Waals surface area (Å²) in [6, 6.07) is 8.59. The van der Waals surface area contributed by atoms with Gasteiger partial charge in [-0.2, -0.15) is 0 Å². The predicted molar refractivity (Wildman–Crippen MR) is 144 cm³/mol. The van der Waals surface area contributed by atoms with E-state index in [2.05, 4.69) is 22.5 Å². The van der Waals surface area contributed by atoms with E-state index >= 15 is 0 Å². The molecule has 1 atom stereocenters. The number of likely N-dealkylation sites (tertiary alicyclic amines) is 1. The van der Waals surface area contributed by atoms with Crippen LogP contribution in [0, 0.1) is 5.92 Å². The lowest BCUT2D eigenvalue weighted by molar-refractivity contribution is -0.147. The molecule has 10 heteroatoms. The summed E-state index contributed by atoms with van der Waals surface area (Å²) >= 11 is 0. The van der Waals surface area contributed by atoms with Gasteiger partial charge in [0.1, 0.15) is 11.6 Å². The van der Waals surface area contributed by atoms with E-state index < -0.39 is 28.9 Å². The van der Waals surface area contributed by atoms with Crippen molar-refractivity contribution >= 4 is 23.5 Å². The largest absolute Gasteiger partial charge is 0.374 e. The van der Waals surface area contributed by atoms with Crippen molar-refractivity contribution in [3.8, 4) is 0 Å². The van der Waals surface area contributed by atoms with Crippen LogP contribution in [0.5, 0.6) is 0 Å². The molecular formula is C28H40N6O4. The lowest BCUT2D eigenvalue weighted by Gasteiger charge is -2.45. The molecule has 1 aliphatic carbocycles. The summed E-state index contributed by atoms with van der Waals surface area (Å²) in [7, 11) is 0. The van der Waals surface area contributed by atoms with Gasteiger partial charge in [-0.15, -0.1) is 0 Å². The Balaban J connectivity index is 1.42. The second-order valence-electron chi connectivity index (χ2n) is 11.3. The lowest BCUT2D eigenvalue weighted by Crippen LogP contribution is -2.56. The molecule has 2 fully saturated rings. The molecule has 1 saturated carbocycles. The van der Waals surface area contributed by atoms with Gasteiger partial charge in [0.2, 0.25) is 11.8 Å². The highest BCUT2D eigenvalue weighted by molar-refractivity contribution is 5.98. The number of imidazole rings is 1. The van der Waals surface area contributed by atoms with Crippen molar-refractivity contribution in [1.82, 2.24) is 19.8 Å². The SMILES string of the molecule is CC1CCN(C(=O)C2(n3cnc(NC(=O)[C@@H](COCc4ccccc4)NC(=O)C(C)(C)N)c3)CCC2)CC1. The first kappa shape index (κ1) is 27.8. The standard InChI is InChI=1S/C28H40N6O4/c1-20-10-14-33(15-11-20)26(37)28(12-7-13-28)34-16-23(30-19-34)32-24(35)22(31-25(36)27(2,3)29)18-38-17-21-8-5-4-6-9-21/h4-6,8-9,16,19-20,22H,7,10-15,17-18,29H2,1-3H3,(H,31,36)(H,32,35)/t22-/m1/s1. The molecule has 0 unspecified atom stereocenters. The van der Waals surface area contributed by atoms with E-state index in [1.54, 1.807) is 26.4 Å². The van der Waals surface area contributed by atoms with E-state index in [0.717, 1.165) is 50.8 Å². The molecule has 3 amide bonds. The smallest absolute Gasteiger partial charge is 0.250 e. The number of hydrogen-bond donors (Lipinski definition) is 3. The van der Waals surface area contributed by atoms with E-state index in [0.29, 0.717) is 18.3 Å². The molecular weight excluding hydrogens is 484 g/mol. The molecule has 1 aliphatic heterocycles. The second-order valence-corrected chi connectivity index (χ2v) is 11.3. The fraction of sp³-hybridized carbons (Fsp3) is 0.571. The zero-order valence-electron chi connectivity index (χ0n) is 22.6. The van der Waals surface area contributed by atoms with Crippen LogP contribution in [0.1, 0.15) is 58.4 Å². The van der Waals surface area contributed by atoms with Crippen LogP contribution in [0.15, 0.2) is 42.9 Å². The number of nitrogens with two attached hydrogens (primary N) is 1. The van der Waals surface area contributed by atoms with Gasteiger partial charge in [-0.05, 0) is 57.4 Å². The van der Waals surface area contributed by atoms with Crippen LogP contribution >= 0.6 is 0 Å². The number of nitrogens with one attached hydrogen (secondary N) is 2. The highest BCUT2D eigenvalue weighted by Gasteiger charge is 2.48. The Bertz CT molecular complexity index is 1110. The zero-order chi connectivity index (χ0) is 27.3. The van der Waals surface area contributed by atoms with Crippen LogP contribution in [0.2, 0.25) is 0 Å². The number of rotatable bonds is 10. The number of piperidine rings is 1. The number of carbonyl (C=O) groups excluding carboxylic acids is 3. The molecule has 0 radical (unpaired) electrons. The van der Waals surface area contributed by atoms with Crippen LogP contribution in [-0.4, -0.2) is 63.4 Å². The summed E-state index contributed by atoms with van der Waals surface area (Å²) in [6.45, 7) is 7.18. The average Bonchev–Trinajstić information content (AvgIpc) is 3.31. The van der Waals surface area contributed by atoms with Crippen molar-refractivity contribution in [2.75, 3.05) is 25.0 Å². The first-order valence-electron chi connectivity index (χ1n) is 13.4. The Morgan fingerprint density at radius 3 is 2.47 bits per heavy atom. The van der Waals surface area contributed by atoms with Gasteiger partial charge in [0, 0.05) is 19.3 Å². The Labute approximate surface area is 224 Å². The van der Waals surface area contributed by atoms with Gasteiger partial charge >= 0.3 is 0 Å². The summed E-state index contributed by atoms with van der Waals surface area (Å²) < 4.78 is 7.60. The average molecular weight is 525 g/mol. The maximum Gasteiger partial charge on any atom is 0.250 e. The third kappa shape index (κ3) is 6.42. The Kier molecular flexibility index (Phi) is 8.52. The third-order valence-electron chi connectivity index (χ3n) is 7.58. The predicted octanol–water partition coefficient (Wildman–Crippen LogP) is 2.40. The molecule has 4 N–H and O–H groups in total. The van der Waals surface area contributed by atoms with Crippen LogP contribution in [-0.2, 0) is 31.3 Å². The molecule has 206 valence electrons. The number of benzene rings is 1. The van der Waals surface area contributed by atoms with Gasteiger partial charge in [0.05, 0.1) is 25.1 Å². The van der Waals surface area contributed by atoms with Gasteiger partial charge in [-0.3, -0.25) is 14.4 Å². The number of amides is 3. The highest BCUT2D eigenvalue weighted by atomic mass is 16.5. The first-order valence-corrected chi connectivity index (χ1v) is 13.4. The fourth-order valence-electron chi connectivity index (χ4n) is 4.83. The van der Waals surface area contributed by atoms with Crippen LogP contribution < -0.4 is 16.4 Å². The molecule has 0 bridgehead atoms. The minimum atomic E-state index is -1.16. The minimum Gasteiger partial charge on any atom is -0.374 e. The first-order chi connectivity index (χ1) is 18.1. The van der Waals surface area contributed by atoms with Crippen molar-refractivity contribution < 1.29 is 19.1 Å². The minimum absolute atomic E-state index is 0.0426. The van der Waals surface area contributed by atoms with Crippen molar-refractivity contribution in [3.63, 3.8) is 0 Å². The molecule has 1 saturated heterocycles. The number of carbonyl (C=O) groups is 3. The molecule has 4 rings (SSSR count). The lowest BCUT2D eigenvalue weighted by atomic mass is 9.75. The quantitative estimate of drug-likeness (QED) is 0.437. The third-order valence-corrected chi connectivity index (χ3v) is 7.58. The Hall–Kier alpha value is -3.24. The van der Waals surface area contributed by atoms with Crippen LogP contribution in [0.4, 0.5) is 5.82 Å².